The second-order valence-electron chi connectivity index (χ2n) is 5.09. The second-order valence-corrected chi connectivity index (χ2v) is 5.09. The van der Waals surface area contributed by atoms with Crippen LogP contribution in [0, 0.1) is 5.92 Å². The molecule has 0 spiro atoms. The number of benzene rings is 1. The molecule has 0 radical (unpaired) electrons. The van der Waals surface area contributed by atoms with E-state index >= 15 is 0 Å². The summed E-state index contributed by atoms with van der Waals surface area (Å²) >= 11 is 0. The maximum Gasteiger partial charge on any atom is 0.291 e. The zero-order valence-electron chi connectivity index (χ0n) is 9.55. The maximum absolute atomic E-state index is 13.4. The molecule has 2 fully saturated rings. The molecule has 1 aromatic carbocycles. The molecule has 1 nitrogen and oxygen atoms in total. The first kappa shape index (κ1) is 10.9. The molecule has 2 aliphatic rings. The molecule has 0 aromatic heterocycles. The van der Waals surface area contributed by atoms with Crippen LogP contribution >= 0.6 is 0 Å². The minimum atomic E-state index is -2.92. The monoisotopic (exact) mass is 235 g/mol. The highest BCUT2D eigenvalue weighted by Crippen LogP contribution is 2.56. The number of fused-ring (bicyclic) bond motifs is 1. The smallest absolute Gasteiger partial charge is 0.291 e. The molecular formula is C14H15F2N. The van der Waals surface area contributed by atoms with Crippen molar-refractivity contribution in [1.29, 1.82) is 0 Å². The van der Waals surface area contributed by atoms with E-state index in [2.05, 4.69) is 11.9 Å². The van der Waals surface area contributed by atoms with E-state index in [1.165, 1.54) is 24.1 Å². The van der Waals surface area contributed by atoms with Crippen LogP contribution in [-0.4, -0.2) is 13.1 Å². The van der Waals surface area contributed by atoms with Crippen molar-refractivity contribution in [3.8, 4) is 0 Å². The van der Waals surface area contributed by atoms with E-state index in [1.807, 2.05) is 12.1 Å². The average molecular weight is 235 g/mol. The van der Waals surface area contributed by atoms with Gasteiger partial charge >= 0.3 is 0 Å². The molecule has 1 aliphatic heterocycles. The molecule has 1 saturated carbocycles. The lowest BCUT2D eigenvalue weighted by Crippen LogP contribution is -2.19. The van der Waals surface area contributed by atoms with E-state index in [9.17, 15) is 8.78 Å². The summed E-state index contributed by atoms with van der Waals surface area (Å²) < 4.78 is 26.7. The molecule has 0 amide bonds. The van der Waals surface area contributed by atoms with Crippen LogP contribution in [0.4, 0.5) is 8.78 Å². The Hall–Kier alpha value is -1.22. The quantitative estimate of drug-likeness (QED) is 0.794. The van der Waals surface area contributed by atoms with Gasteiger partial charge in [0, 0.05) is 17.5 Å². The van der Waals surface area contributed by atoms with Gasteiger partial charge < -0.3 is 5.32 Å². The minimum absolute atomic E-state index is 0.0239. The summed E-state index contributed by atoms with van der Waals surface area (Å²) in [6, 6.07) is 6.75. The number of nitrogens with one attached hydrogen (secondary N) is 1. The first-order valence-corrected chi connectivity index (χ1v) is 5.92. The van der Waals surface area contributed by atoms with Crippen LogP contribution in [0.15, 0.2) is 36.9 Å². The van der Waals surface area contributed by atoms with Gasteiger partial charge in [-0.1, -0.05) is 30.8 Å². The number of alkyl halides is 2. The summed E-state index contributed by atoms with van der Waals surface area (Å²) in [7, 11) is 0. The summed E-state index contributed by atoms with van der Waals surface area (Å²) in [6.07, 6.45) is 1.88. The maximum atomic E-state index is 13.4. The van der Waals surface area contributed by atoms with Crippen molar-refractivity contribution in [1.82, 2.24) is 5.32 Å². The Morgan fingerprint density at radius 3 is 2.53 bits per heavy atom. The summed E-state index contributed by atoms with van der Waals surface area (Å²) in [5.41, 5.74) is 1.45. The SMILES string of the molecule is C=CC(F)(F)c1ccc(C23CNC[C@H]2C3)cc1. The van der Waals surface area contributed by atoms with E-state index in [-0.39, 0.29) is 11.0 Å². The zero-order valence-corrected chi connectivity index (χ0v) is 9.55. The van der Waals surface area contributed by atoms with Crippen LogP contribution in [0.5, 0.6) is 0 Å². The highest BCUT2D eigenvalue weighted by atomic mass is 19.3. The minimum Gasteiger partial charge on any atom is -0.316 e. The molecule has 2 atom stereocenters. The lowest BCUT2D eigenvalue weighted by Gasteiger charge is -2.15. The first-order chi connectivity index (χ1) is 8.08. The number of rotatable bonds is 3. The molecule has 3 rings (SSSR count). The molecule has 0 bridgehead atoms. The highest BCUT2D eigenvalue weighted by molar-refractivity contribution is 5.39. The molecule has 1 heterocycles. The van der Waals surface area contributed by atoms with Gasteiger partial charge in [-0.2, -0.15) is 8.78 Å². The molecule has 1 aromatic rings. The van der Waals surface area contributed by atoms with Crippen LogP contribution < -0.4 is 5.32 Å². The third kappa shape index (κ3) is 1.53. The van der Waals surface area contributed by atoms with Crippen molar-refractivity contribution in [3.63, 3.8) is 0 Å². The standard InChI is InChI=1S/C14H15F2N/c1-2-14(15,16)11-5-3-10(4-6-11)13-7-12(13)8-17-9-13/h2-6,12,17H,1,7-9H2/t12-,13?/m1/s1. The lowest BCUT2D eigenvalue weighted by atomic mass is 9.93. The third-order valence-corrected chi connectivity index (χ3v) is 4.16. The van der Waals surface area contributed by atoms with Crippen LogP contribution in [0.1, 0.15) is 17.5 Å². The second kappa shape index (κ2) is 3.39. The Bertz CT molecular complexity index is 452. The first-order valence-electron chi connectivity index (χ1n) is 5.92. The molecule has 1 N–H and O–H groups in total. The Kier molecular flexibility index (Phi) is 2.17. The fraction of sp³-hybridized carbons (Fsp3) is 0.429. The third-order valence-electron chi connectivity index (χ3n) is 4.16. The number of hydrogen-bond acceptors (Lipinski definition) is 1. The predicted molar refractivity (Wildman–Crippen MR) is 63.2 cm³/mol. The van der Waals surface area contributed by atoms with Gasteiger partial charge in [-0.3, -0.25) is 0 Å². The van der Waals surface area contributed by atoms with Crippen molar-refractivity contribution in [2.24, 2.45) is 5.92 Å². The van der Waals surface area contributed by atoms with Gasteiger partial charge in [0.25, 0.3) is 5.92 Å². The fourth-order valence-corrected chi connectivity index (χ4v) is 2.93. The van der Waals surface area contributed by atoms with E-state index in [0.717, 1.165) is 13.1 Å². The molecule has 17 heavy (non-hydrogen) atoms. The van der Waals surface area contributed by atoms with E-state index < -0.39 is 5.92 Å². The number of halogens is 2. The lowest BCUT2D eigenvalue weighted by molar-refractivity contribution is 0.0525. The predicted octanol–water partition coefficient (Wildman–Crippen LogP) is 2.83. The summed E-state index contributed by atoms with van der Waals surface area (Å²) in [5.74, 6) is -2.22. The van der Waals surface area contributed by atoms with Gasteiger partial charge in [0.05, 0.1) is 0 Å². The Balaban J connectivity index is 1.89. The van der Waals surface area contributed by atoms with Gasteiger partial charge in [0.1, 0.15) is 0 Å². The van der Waals surface area contributed by atoms with Crippen molar-refractivity contribution in [2.45, 2.75) is 17.8 Å². The van der Waals surface area contributed by atoms with Crippen molar-refractivity contribution in [2.75, 3.05) is 13.1 Å². The number of hydrogen-bond donors (Lipinski definition) is 1. The average Bonchev–Trinajstić information content (AvgIpc) is 2.92. The highest BCUT2D eigenvalue weighted by Gasteiger charge is 2.57. The van der Waals surface area contributed by atoms with Crippen molar-refractivity contribution >= 4 is 0 Å². The largest absolute Gasteiger partial charge is 0.316 e. The van der Waals surface area contributed by atoms with Gasteiger partial charge in [-0.05, 0) is 30.5 Å². The van der Waals surface area contributed by atoms with Gasteiger partial charge in [-0.25, -0.2) is 0 Å². The zero-order chi connectivity index (χ0) is 12.1. The normalized spacial score (nSPS) is 31.1. The summed E-state index contributed by atoms with van der Waals surface area (Å²) in [5, 5.41) is 3.35. The Morgan fingerprint density at radius 2 is 2.06 bits per heavy atom. The van der Waals surface area contributed by atoms with E-state index in [1.54, 1.807) is 0 Å². The van der Waals surface area contributed by atoms with E-state index in [4.69, 9.17) is 0 Å². The fourth-order valence-electron chi connectivity index (χ4n) is 2.93. The number of piperidine rings is 1. The topological polar surface area (TPSA) is 12.0 Å². The van der Waals surface area contributed by atoms with Crippen LogP contribution in [0.2, 0.25) is 0 Å². The number of allylic oxidation sites excluding steroid dienone is 1. The van der Waals surface area contributed by atoms with Gasteiger partial charge in [-0.15, -0.1) is 0 Å². The molecule has 1 saturated heterocycles. The van der Waals surface area contributed by atoms with Crippen LogP contribution in [0.25, 0.3) is 0 Å². The van der Waals surface area contributed by atoms with Gasteiger partial charge in [0.15, 0.2) is 0 Å². The van der Waals surface area contributed by atoms with Crippen molar-refractivity contribution < 1.29 is 8.78 Å². The Labute approximate surface area is 99.5 Å². The molecule has 1 unspecified atom stereocenters. The van der Waals surface area contributed by atoms with Crippen molar-refractivity contribution in [3.05, 3.63) is 48.0 Å². The molecular weight excluding hydrogens is 220 g/mol. The summed E-state index contributed by atoms with van der Waals surface area (Å²) in [4.78, 5) is 0. The van der Waals surface area contributed by atoms with Crippen LogP contribution in [-0.2, 0) is 11.3 Å². The summed E-state index contributed by atoms with van der Waals surface area (Å²) in [6.45, 7) is 5.21. The van der Waals surface area contributed by atoms with Gasteiger partial charge in [0.2, 0.25) is 0 Å². The molecule has 3 heteroatoms. The molecule has 1 aliphatic carbocycles. The van der Waals surface area contributed by atoms with E-state index in [0.29, 0.717) is 12.0 Å². The Morgan fingerprint density at radius 1 is 1.35 bits per heavy atom. The molecule has 90 valence electrons. The van der Waals surface area contributed by atoms with Crippen LogP contribution in [0.3, 0.4) is 0 Å².